The Kier molecular flexibility index (Phi) is 6.65. The van der Waals surface area contributed by atoms with Crippen molar-refractivity contribution in [2.24, 2.45) is 5.92 Å². The van der Waals surface area contributed by atoms with Crippen LogP contribution in [0.25, 0.3) is 0 Å². The highest BCUT2D eigenvalue weighted by atomic mass is 32.1. The average molecular weight is 311 g/mol. The molecule has 4 heteroatoms. The fourth-order valence-corrected chi connectivity index (χ4v) is 4.16. The lowest BCUT2D eigenvalue weighted by molar-refractivity contribution is -0.0559. The molecule has 1 saturated carbocycles. The second kappa shape index (κ2) is 8.25. The van der Waals surface area contributed by atoms with Crippen LogP contribution in [0.2, 0.25) is 0 Å². The monoisotopic (exact) mass is 310 g/mol. The lowest BCUT2D eigenvalue weighted by Crippen LogP contribution is -2.29. The van der Waals surface area contributed by atoms with Crippen LogP contribution in [0.3, 0.4) is 0 Å². The number of hydrogen-bond acceptors (Lipinski definition) is 4. The molecular formula is C17H30N2OS. The zero-order chi connectivity index (χ0) is 15.1. The van der Waals surface area contributed by atoms with Crippen molar-refractivity contribution in [1.82, 2.24) is 10.3 Å². The first-order valence-corrected chi connectivity index (χ1v) is 9.28. The van der Waals surface area contributed by atoms with Gasteiger partial charge in [0.1, 0.15) is 10.6 Å². The first-order chi connectivity index (χ1) is 10.2. The molecule has 0 aromatic carbocycles. The normalized spacial score (nSPS) is 18.9. The lowest BCUT2D eigenvalue weighted by Gasteiger charge is -2.30. The van der Waals surface area contributed by atoms with Crippen molar-refractivity contribution in [3.05, 3.63) is 16.1 Å². The Morgan fingerprint density at radius 1 is 1.29 bits per heavy atom. The van der Waals surface area contributed by atoms with E-state index in [-0.39, 0.29) is 5.60 Å². The molecule has 0 saturated heterocycles. The lowest BCUT2D eigenvalue weighted by atomic mass is 9.95. The second-order valence-electron chi connectivity index (χ2n) is 6.50. The molecule has 0 unspecified atom stereocenters. The van der Waals surface area contributed by atoms with Crippen molar-refractivity contribution in [3.63, 3.8) is 0 Å². The van der Waals surface area contributed by atoms with Gasteiger partial charge in [-0.3, -0.25) is 0 Å². The van der Waals surface area contributed by atoms with Crippen LogP contribution in [0.5, 0.6) is 0 Å². The van der Waals surface area contributed by atoms with Crippen molar-refractivity contribution in [1.29, 1.82) is 0 Å². The third-order valence-corrected chi connectivity index (χ3v) is 5.31. The summed E-state index contributed by atoms with van der Waals surface area (Å²) in [6, 6.07) is 0. The Bertz CT molecular complexity index is 409. The molecule has 21 heavy (non-hydrogen) atoms. The molecule has 1 aliphatic carbocycles. The highest BCUT2D eigenvalue weighted by molar-refractivity contribution is 7.11. The highest BCUT2D eigenvalue weighted by Crippen LogP contribution is 2.41. The second-order valence-corrected chi connectivity index (χ2v) is 7.61. The molecule has 0 amide bonds. The van der Waals surface area contributed by atoms with E-state index >= 15 is 0 Å². The van der Waals surface area contributed by atoms with Crippen LogP contribution < -0.4 is 5.32 Å². The van der Waals surface area contributed by atoms with Gasteiger partial charge in [0, 0.05) is 24.2 Å². The van der Waals surface area contributed by atoms with Gasteiger partial charge in [0.25, 0.3) is 0 Å². The van der Waals surface area contributed by atoms with Gasteiger partial charge in [-0.15, -0.1) is 11.3 Å². The molecule has 1 aliphatic rings. The zero-order valence-electron chi connectivity index (χ0n) is 13.8. The Morgan fingerprint density at radius 3 is 2.62 bits per heavy atom. The van der Waals surface area contributed by atoms with Gasteiger partial charge in [0.2, 0.25) is 0 Å². The molecule has 0 bridgehead atoms. The minimum absolute atomic E-state index is 0.105. The van der Waals surface area contributed by atoms with Crippen LogP contribution in [-0.2, 0) is 16.9 Å². The van der Waals surface area contributed by atoms with Crippen LogP contribution in [0, 0.1) is 5.92 Å². The fraction of sp³-hybridized carbons (Fsp3) is 0.824. The number of ether oxygens (including phenoxy) is 1. The van der Waals surface area contributed by atoms with E-state index < -0.39 is 0 Å². The largest absolute Gasteiger partial charge is 0.368 e. The Balaban J connectivity index is 2.04. The van der Waals surface area contributed by atoms with Gasteiger partial charge in [-0.05, 0) is 32.2 Å². The SMILES string of the molecule is CCOC1(c2ncc(CNCC(C)C)s2)CCCCCC1. The van der Waals surface area contributed by atoms with E-state index in [2.05, 4.69) is 26.1 Å². The van der Waals surface area contributed by atoms with E-state index in [1.54, 1.807) is 0 Å². The summed E-state index contributed by atoms with van der Waals surface area (Å²) in [5.74, 6) is 0.689. The fourth-order valence-electron chi connectivity index (χ4n) is 3.08. The molecule has 1 N–H and O–H groups in total. The van der Waals surface area contributed by atoms with Gasteiger partial charge in [0.05, 0.1) is 0 Å². The minimum atomic E-state index is -0.105. The summed E-state index contributed by atoms with van der Waals surface area (Å²) in [4.78, 5) is 6.05. The Labute approximate surface area is 133 Å². The van der Waals surface area contributed by atoms with Gasteiger partial charge in [0.15, 0.2) is 0 Å². The van der Waals surface area contributed by atoms with Crippen LogP contribution in [0.4, 0.5) is 0 Å². The maximum Gasteiger partial charge on any atom is 0.125 e. The number of hydrogen-bond donors (Lipinski definition) is 1. The number of nitrogens with zero attached hydrogens (tertiary/aromatic N) is 1. The van der Waals surface area contributed by atoms with E-state index in [0.717, 1.165) is 32.5 Å². The summed E-state index contributed by atoms with van der Waals surface area (Å²) < 4.78 is 6.22. The predicted octanol–water partition coefficient (Wildman–Crippen LogP) is 4.47. The van der Waals surface area contributed by atoms with Crippen molar-refractivity contribution < 1.29 is 4.74 Å². The maximum atomic E-state index is 6.22. The van der Waals surface area contributed by atoms with Crippen molar-refractivity contribution in [3.8, 4) is 0 Å². The van der Waals surface area contributed by atoms with Crippen LogP contribution >= 0.6 is 11.3 Å². The molecular weight excluding hydrogens is 280 g/mol. The third kappa shape index (κ3) is 4.76. The molecule has 120 valence electrons. The van der Waals surface area contributed by atoms with Crippen LogP contribution in [0.1, 0.15) is 69.2 Å². The Hall–Kier alpha value is -0.450. The Morgan fingerprint density at radius 2 is 2.00 bits per heavy atom. The number of aromatic nitrogens is 1. The molecule has 0 atom stereocenters. The summed E-state index contributed by atoms with van der Waals surface area (Å²) in [5.41, 5.74) is -0.105. The first-order valence-electron chi connectivity index (χ1n) is 8.46. The van der Waals surface area contributed by atoms with Gasteiger partial charge in [-0.2, -0.15) is 0 Å². The standard InChI is InChI=1S/C17H30N2OS/c1-4-20-17(9-7-5-6-8-10-17)16-19-13-15(21-16)12-18-11-14(2)3/h13-14,18H,4-12H2,1-3H3. The summed E-state index contributed by atoms with van der Waals surface area (Å²) in [5, 5.41) is 4.71. The zero-order valence-corrected chi connectivity index (χ0v) is 14.6. The van der Waals surface area contributed by atoms with E-state index in [0.29, 0.717) is 5.92 Å². The van der Waals surface area contributed by atoms with Gasteiger partial charge >= 0.3 is 0 Å². The van der Waals surface area contributed by atoms with Gasteiger partial charge < -0.3 is 10.1 Å². The van der Waals surface area contributed by atoms with E-state index in [1.165, 1.54) is 35.6 Å². The molecule has 0 radical (unpaired) electrons. The molecule has 1 aromatic rings. The molecule has 1 aromatic heterocycles. The summed E-state index contributed by atoms with van der Waals surface area (Å²) in [7, 11) is 0. The number of rotatable bonds is 7. The minimum Gasteiger partial charge on any atom is -0.368 e. The van der Waals surface area contributed by atoms with E-state index in [1.807, 2.05) is 17.5 Å². The van der Waals surface area contributed by atoms with E-state index in [9.17, 15) is 0 Å². The summed E-state index contributed by atoms with van der Waals surface area (Å²) in [6.45, 7) is 9.34. The number of nitrogens with one attached hydrogen (secondary N) is 1. The van der Waals surface area contributed by atoms with Gasteiger partial charge in [-0.25, -0.2) is 4.98 Å². The molecule has 1 heterocycles. The topological polar surface area (TPSA) is 34.1 Å². The molecule has 1 fully saturated rings. The van der Waals surface area contributed by atoms with Crippen LogP contribution in [-0.4, -0.2) is 18.1 Å². The van der Waals surface area contributed by atoms with Crippen molar-refractivity contribution in [2.75, 3.05) is 13.2 Å². The molecule has 0 spiro atoms. The third-order valence-electron chi connectivity index (χ3n) is 4.13. The highest BCUT2D eigenvalue weighted by Gasteiger charge is 2.36. The quantitative estimate of drug-likeness (QED) is 0.754. The van der Waals surface area contributed by atoms with Crippen LogP contribution in [0.15, 0.2) is 6.20 Å². The van der Waals surface area contributed by atoms with Crippen molar-refractivity contribution >= 4 is 11.3 Å². The number of thiazole rings is 1. The summed E-state index contributed by atoms with van der Waals surface area (Å²) in [6.07, 6.45) is 9.51. The molecule has 3 nitrogen and oxygen atoms in total. The molecule has 0 aliphatic heterocycles. The maximum absolute atomic E-state index is 6.22. The smallest absolute Gasteiger partial charge is 0.125 e. The predicted molar refractivity (Wildman–Crippen MR) is 89.7 cm³/mol. The summed E-state index contributed by atoms with van der Waals surface area (Å²) >= 11 is 1.84. The molecule has 2 rings (SSSR count). The van der Waals surface area contributed by atoms with Crippen molar-refractivity contribution in [2.45, 2.75) is 71.4 Å². The van der Waals surface area contributed by atoms with Gasteiger partial charge in [-0.1, -0.05) is 39.5 Å². The van der Waals surface area contributed by atoms with E-state index in [4.69, 9.17) is 9.72 Å². The first kappa shape index (κ1) is 16.9. The average Bonchev–Trinajstić information content (AvgIpc) is 2.79.